The molecule has 1 aromatic rings. The van der Waals surface area contributed by atoms with Crippen molar-refractivity contribution in [2.45, 2.75) is 69.9 Å². The van der Waals surface area contributed by atoms with Crippen molar-refractivity contribution >= 4 is 29.8 Å². The number of benzene rings is 1. The van der Waals surface area contributed by atoms with E-state index in [0.29, 0.717) is 0 Å². The van der Waals surface area contributed by atoms with Gasteiger partial charge >= 0.3 is 23.9 Å². The molecule has 0 aromatic heterocycles. The maximum absolute atomic E-state index is 12.0. The van der Waals surface area contributed by atoms with Crippen LogP contribution in [0.5, 0.6) is 0 Å². The van der Waals surface area contributed by atoms with E-state index in [-0.39, 0.29) is 45.1 Å². The first-order valence-corrected chi connectivity index (χ1v) is 10.7. The number of carbonyl (C=O) groups is 5. The average Bonchev–Trinajstić information content (AvgIpc) is 2.78. The highest BCUT2D eigenvalue weighted by molar-refractivity contribution is 5.83. The number of amides is 1. The molecule has 0 saturated carbocycles. The summed E-state index contributed by atoms with van der Waals surface area (Å²) < 4.78 is 5.10. The molecule has 3 unspecified atom stereocenters. The Morgan fingerprint density at radius 2 is 1.47 bits per heavy atom. The van der Waals surface area contributed by atoms with E-state index in [2.05, 4.69) is 10.6 Å². The third kappa shape index (κ3) is 12.5. The number of hydrogen-bond donors (Lipinski definition) is 6. The predicted octanol–water partition coefficient (Wildman–Crippen LogP) is 0.476. The van der Waals surface area contributed by atoms with Crippen molar-refractivity contribution in [3.8, 4) is 0 Å². The second-order valence-electron chi connectivity index (χ2n) is 7.54. The van der Waals surface area contributed by atoms with Crippen LogP contribution in [0.15, 0.2) is 30.3 Å². The summed E-state index contributed by atoms with van der Waals surface area (Å²) in [5.74, 6) is -4.98. The summed E-state index contributed by atoms with van der Waals surface area (Å²) in [5.41, 5.74) is 0.825. The van der Waals surface area contributed by atoms with Crippen molar-refractivity contribution in [1.29, 1.82) is 0 Å². The Bertz CT molecular complexity index is 830. The van der Waals surface area contributed by atoms with Crippen LogP contribution in [0.3, 0.4) is 0 Å². The molecule has 12 heteroatoms. The number of carboxylic acid groups (broad SMARTS) is 3. The molecule has 1 amide bonds. The molecule has 0 spiro atoms. The van der Waals surface area contributed by atoms with E-state index in [1.54, 1.807) is 12.1 Å². The van der Waals surface area contributed by atoms with Gasteiger partial charge in [0.2, 0.25) is 5.91 Å². The number of rotatable bonds is 17. The molecule has 12 nitrogen and oxygen atoms in total. The van der Waals surface area contributed by atoms with Crippen LogP contribution in [0.1, 0.15) is 50.5 Å². The fourth-order valence-electron chi connectivity index (χ4n) is 2.91. The molecule has 0 aliphatic carbocycles. The zero-order valence-electron chi connectivity index (χ0n) is 18.5. The zero-order valence-corrected chi connectivity index (χ0v) is 18.5. The standard InChI is InChI=1S/C22H30N2O10/c25-17(7-4-8-20(29)34-13-14-5-2-1-3-6-14)23-15(21(30)31)9-11-18(26)24-16(22(32)33)10-12-19(27)28/h1-3,5-6,15-16,18,24,26H,4,7-13H2,(H,23,25)(H,27,28)(H,30,31)(H,32,33). The molecule has 0 heterocycles. The molecule has 34 heavy (non-hydrogen) atoms. The minimum atomic E-state index is -1.42. The van der Waals surface area contributed by atoms with E-state index >= 15 is 0 Å². The van der Waals surface area contributed by atoms with Gasteiger partial charge in [-0.15, -0.1) is 0 Å². The molecule has 0 aliphatic rings. The number of nitrogens with one attached hydrogen (secondary N) is 2. The van der Waals surface area contributed by atoms with Crippen LogP contribution in [-0.2, 0) is 35.3 Å². The van der Waals surface area contributed by atoms with E-state index < -0.39 is 54.5 Å². The molecular formula is C22H30N2O10. The largest absolute Gasteiger partial charge is 0.481 e. The molecule has 0 aliphatic heterocycles. The van der Waals surface area contributed by atoms with Gasteiger partial charge in [0.05, 0.1) is 0 Å². The molecule has 188 valence electrons. The summed E-state index contributed by atoms with van der Waals surface area (Å²) in [6, 6.07) is 6.40. The fourth-order valence-corrected chi connectivity index (χ4v) is 2.91. The first-order valence-electron chi connectivity index (χ1n) is 10.7. The number of aliphatic hydroxyl groups excluding tert-OH is 1. The topological polar surface area (TPSA) is 200 Å². The van der Waals surface area contributed by atoms with Gasteiger partial charge in [0, 0.05) is 19.3 Å². The lowest BCUT2D eigenvalue weighted by Crippen LogP contribution is -2.45. The van der Waals surface area contributed by atoms with Gasteiger partial charge in [0.25, 0.3) is 0 Å². The monoisotopic (exact) mass is 482 g/mol. The van der Waals surface area contributed by atoms with E-state index in [4.69, 9.17) is 14.9 Å². The van der Waals surface area contributed by atoms with Crippen LogP contribution in [0.2, 0.25) is 0 Å². The van der Waals surface area contributed by atoms with Gasteiger partial charge in [-0.2, -0.15) is 0 Å². The van der Waals surface area contributed by atoms with E-state index in [1.807, 2.05) is 18.2 Å². The highest BCUT2D eigenvalue weighted by Gasteiger charge is 2.24. The van der Waals surface area contributed by atoms with E-state index in [9.17, 15) is 34.2 Å². The second-order valence-corrected chi connectivity index (χ2v) is 7.54. The summed E-state index contributed by atoms with van der Waals surface area (Å²) in [5, 5.41) is 41.6. The van der Waals surface area contributed by atoms with Crippen LogP contribution >= 0.6 is 0 Å². The molecule has 0 radical (unpaired) electrons. The minimum Gasteiger partial charge on any atom is -0.481 e. The minimum absolute atomic E-state index is 0.0203. The predicted molar refractivity (Wildman–Crippen MR) is 116 cm³/mol. The Labute approximate surface area is 195 Å². The van der Waals surface area contributed by atoms with Gasteiger partial charge in [0.15, 0.2) is 0 Å². The van der Waals surface area contributed by atoms with Crippen molar-refractivity contribution in [3.63, 3.8) is 0 Å². The van der Waals surface area contributed by atoms with Crippen molar-refractivity contribution < 1.29 is 49.1 Å². The van der Waals surface area contributed by atoms with Gasteiger partial charge in [-0.3, -0.25) is 24.5 Å². The van der Waals surface area contributed by atoms with Crippen molar-refractivity contribution in [2.24, 2.45) is 0 Å². The Morgan fingerprint density at radius 1 is 0.824 bits per heavy atom. The molecule has 1 rings (SSSR count). The summed E-state index contributed by atoms with van der Waals surface area (Å²) in [6.07, 6.45) is -2.51. The zero-order chi connectivity index (χ0) is 25.5. The quantitative estimate of drug-likeness (QED) is 0.133. The smallest absolute Gasteiger partial charge is 0.326 e. The van der Waals surface area contributed by atoms with E-state index in [0.717, 1.165) is 5.56 Å². The van der Waals surface area contributed by atoms with Crippen LogP contribution in [-0.4, -0.2) is 68.5 Å². The average molecular weight is 482 g/mol. The van der Waals surface area contributed by atoms with Gasteiger partial charge in [0.1, 0.15) is 24.9 Å². The second kappa shape index (κ2) is 15.3. The van der Waals surface area contributed by atoms with Crippen LogP contribution in [0, 0.1) is 0 Å². The summed E-state index contributed by atoms with van der Waals surface area (Å²) >= 11 is 0. The number of carbonyl (C=O) groups excluding carboxylic acids is 2. The van der Waals surface area contributed by atoms with Crippen molar-refractivity contribution in [1.82, 2.24) is 10.6 Å². The van der Waals surface area contributed by atoms with Gasteiger partial charge in [-0.1, -0.05) is 30.3 Å². The highest BCUT2D eigenvalue weighted by Crippen LogP contribution is 2.07. The van der Waals surface area contributed by atoms with Crippen LogP contribution in [0.25, 0.3) is 0 Å². The van der Waals surface area contributed by atoms with Crippen LogP contribution in [0.4, 0.5) is 0 Å². The number of ether oxygens (including phenoxy) is 1. The van der Waals surface area contributed by atoms with Gasteiger partial charge < -0.3 is 30.5 Å². The summed E-state index contributed by atoms with van der Waals surface area (Å²) in [7, 11) is 0. The maximum Gasteiger partial charge on any atom is 0.326 e. The number of aliphatic hydroxyl groups is 1. The van der Waals surface area contributed by atoms with Crippen LogP contribution < -0.4 is 10.6 Å². The molecule has 6 N–H and O–H groups in total. The molecule has 0 bridgehead atoms. The summed E-state index contributed by atoms with van der Waals surface area (Å²) in [4.78, 5) is 57.0. The molecular weight excluding hydrogens is 452 g/mol. The number of aliphatic carboxylic acids is 3. The Morgan fingerprint density at radius 3 is 2.06 bits per heavy atom. The Balaban J connectivity index is 2.36. The molecule has 0 saturated heterocycles. The lowest BCUT2D eigenvalue weighted by Gasteiger charge is -2.21. The number of carboxylic acids is 3. The van der Waals surface area contributed by atoms with Gasteiger partial charge in [-0.25, -0.2) is 4.79 Å². The highest BCUT2D eigenvalue weighted by atomic mass is 16.5. The third-order valence-corrected chi connectivity index (χ3v) is 4.73. The van der Waals surface area contributed by atoms with E-state index in [1.165, 1.54) is 0 Å². The molecule has 0 fully saturated rings. The van der Waals surface area contributed by atoms with Crippen molar-refractivity contribution in [3.05, 3.63) is 35.9 Å². The first kappa shape index (κ1) is 28.5. The van der Waals surface area contributed by atoms with Gasteiger partial charge in [-0.05, 0) is 31.2 Å². The SMILES string of the molecule is O=C(O)CCC(NC(O)CCC(NC(=O)CCCC(=O)OCc1ccccc1)C(=O)O)C(=O)O. The normalized spacial score (nSPS) is 13.3. The molecule has 1 aromatic carbocycles. The summed E-state index contributed by atoms with van der Waals surface area (Å²) in [6.45, 7) is 0.113. The number of hydrogen-bond acceptors (Lipinski definition) is 8. The van der Waals surface area contributed by atoms with Crippen molar-refractivity contribution in [2.75, 3.05) is 0 Å². The maximum atomic E-state index is 12.0. The first-order chi connectivity index (χ1) is 16.1. The fraction of sp³-hybridized carbons (Fsp3) is 0.500. The Hall–Kier alpha value is -3.51. The third-order valence-electron chi connectivity index (χ3n) is 4.73. The number of esters is 1. The molecule has 3 atom stereocenters. The lowest BCUT2D eigenvalue weighted by molar-refractivity contribution is -0.145. The lowest BCUT2D eigenvalue weighted by atomic mass is 10.1. The Kier molecular flexibility index (Phi) is 12.9.